The highest BCUT2D eigenvalue weighted by Crippen LogP contribution is 2.11. The first-order valence-electron chi connectivity index (χ1n) is 8.57. The number of ether oxygens (including phenoxy) is 1. The predicted molar refractivity (Wildman–Crippen MR) is 93.9 cm³/mol. The van der Waals surface area contributed by atoms with Gasteiger partial charge >= 0.3 is 6.03 Å². The first kappa shape index (κ1) is 17.8. The maximum absolute atomic E-state index is 11.8. The van der Waals surface area contributed by atoms with E-state index in [1.807, 2.05) is 12.1 Å². The summed E-state index contributed by atoms with van der Waals surface area (Å²) >= 11 is 0. The van der Waals surface area contributed by atoms with Gasteiger partial charge in [-0.05, 0) is 36.5 Å². The van der Waals surface area contributed by atoms with Crippen LogP contribution in [0.15, 0.2) is 24.3 Å². The Bertz CT molecular complexity index is 468. The van der Waals surface area contributed by atoms with E-state index in [4.69, 9.17) is 4.74 Å². The molecule has 0 spiro atoms. The van der Waals surface area contributed by atoms with Gasteiger partial charge in [0.05, 0.1) is 13.2 Å². The Hall–Kier alpha value is -1.59. The molecule has 0 unspecified atom stereocenters. The summed E-state index contributed by atoms with van der Waals surface area (Å²) in [6.07, 6.45) is 2.02. The number of carbonyl (C=O) groups is 1. The van der Waals surface area contributed by atoms with Crippen LogP contribution in [0.1, 0.15) is 25.8 Å². The zero-order valence-electron chi connectivity index (χ0n) is 14.3. The number of carbonyl (C=O) groups excluding carboxylic acids is 1. The first-order chi connectivity index (χ1) is 11.1. The van der Waals surface area contributed by atoms with Crippen LogP contribution in [-0.4, -0.2) is 50.3 Å². The number of nitrogens with one attached hydrogen (secondary N) is 2. The van der Waals surface area contributed by atoms with Crippen LogP contribution in [0.25, 0.3) is 0 Å². The Balaban J connectivity index is 1.70. The molecule has 2 rings (SSSR count). The molecule has 5 nitrogen and oxygen atoms in total. The highest BCUT2D eigenvalue weighted by molar-refractivity contribution is 5.89. The molecule has 1 fully saturated rings. The Morgan fingerprint density at radius 1 is 1.22 bits per heavy atom. The highest BCUT2D eigenvalue weighted by Gasteiger charge is 2.09. The lowest BCUT2D eigenvalue weighted by atomic mass is 10.1. The minimum Gasteiger partial charge on any atom is -0.379 e. The molecule has 5 heteroatoms. The summed E-state index contributed by atoms with van der Waals surface area (Å²) < 4.78 is 5.36. The summed E-state index contributed by atoms with van der Waals surface area (Å²) in [6.45, 7) is 9.80. The number of urea groups is 1. The average molecular weight is 319 g/mol. The minimum absolute atomic E-state index is 0.133. The molecule has 1 heterocycles. The van der Waals surface area contributed by atoms with Crippen molar-refractivity contribution < 1.29 is 9.53 Å². The molecule has 2 N–H and O–H groups in total. The van der Waals surface area contributed by atoms with E-state index in [0.717, 1.165) is 51.4 Å². The van der Waals surface area contributed by atoms with E-state index in [1.165, 1.54) is 5.56 Å². The van der Waals surface area contributed by atoms with Crippen LogP contribution in [0.3, 0.4) is 0 Å². The number of amides is 2. The van der Waals surface area contributed by atoms with Crippen molar-refractivity contribution in [2.24, 2.45) is 5.92 Å². The summed E-state index contributed by atoms with van der Waals surface area (Å²) in [6, 6.07) is 7.98. The van der Waals surface area contributed by atoms with Gasteiger partial charge in [0.25, 0.3) is 0 Å². The summed E-state index contributed by atoms with van der Waals surface area (Å²) in [5.41, 5.74) is 2.13. The van der Waals surface area contributed by atoms with Crippen molar-refractivity contribution >= 4 is 11.7 Å². The quantitative estimate of drug-likeness (QED) is 0.812. The molecule has 1 aromatic carbocycles. The molecule has 1 aliphatic heterocycles. The van der Waals surface area contributed by atoms with E-state index >= 15 is 0 Å². The van der Waals surface area contributed by atoms with Crippen molar-refractivity contribution in [3.8, 4) is 0 Å². The van der Waals surface area contributed by atoms with Crippen LogP contribution in [0.4, 0.5) is 10.5 Å². The van der Waals surface area contributed by atoms with Crippen molar-refractivity contribution in [2.75, 3.05) is 44.7 Å². The van der Waals surface area contributed by atoms with Crippen LogP contribution in [0.5, 0.6) is 0 Å². The maximum Gasteiger partial charge on any atom is 0.319 e. The van der Waals surface area contributed by atoms with Gasteiger partial charge in [-0.15, -0.1) is 0 Å². The number of morpholine rings is 1. The van der Waals surface area contributed by atoms with Gasteiger partial charge in [-0.3, -0.25) is 4.90 Å². The van der Waals surface area contributed by atoms with Crippen molar-refractivity contribution in [3.63, 3.8) is 0 Å². The van der Waals surface area contributed by atoms with Crippen LogP contribution >= 0.6 is 0 Å². The molecule has 128 valence electrons. The molecular formula is C18H29N3O2. The smallest absolute Gasteiger partial charge is 0.319 e. The van der Waals surface area contributed by atoms with Gasteiger partial charge in [0, 0.05) is 31.9 Å². The molecule has 1 aromatic rings. The molecule has 0 aliphatic carbocycles. The average Bonchev–Trinajstić information content (AvgIpc) is 2.55. The number of benzene rings is 1. The number of anilines is 1. The SMILES string of the molecule is CC(C)CCNC(=O)Nc1ccc(CCN2CCOCC2)cc1. The standard InChI is InChI=1S/C18H29N3O2/c1-15(2)7-9-19-18(22)20-17-5-3-16(4-6-17)8-10-21-11-13-23-14-12-21/h3-6,15H,7-14H2,1-2H3,(H2,19,20,22). The molecule has 0 atom stereocenters. The summed E-state index contributed by atoms with van der Waals surface area (Å²) in [4.78, 5) is 14.2. The summed E-state index contributed by atoms with van der Waals surface area (Å²) in [5, 5.41) is 5.75. The Morgan fingerprint density at radius 2 is 1.91 bits per heavy atom. The topological polar surface area (TPSA) is 53.6 Å². The van der Waals surface area contributed by atoms with Crippen LogP contribution in [0, 0.1) is 5.92 Å². The molecular weight excluding hydrogens is 290 g/mol. The fourth-order valence-corrected chi connectivity index (χ4v) is 2.52. The second kappa shape index (κ2) is 9.53. The van der Waals surface area contributed by atoms with Crippen molar-refractivity contribution in [1.82, 2.24) is 10.2 Å². The number of nitrogens with zero attached hydrogens (tertiary/aromatic N) is 1. The largest absolute Gasteiger partial charge is 0.379 e. The van der Waals surface area contributed by atoms with Gasteiger partial charge < -0.3 is 15.4 Å². The third kappa shape index (κ3) is 7.01. The van der Waals surface area contributed by atoms with Gasteiger partial charge in [0.2, 0.25) is 0 Å². The second-order valence-corrected chi connectivity index (χ2v) is 6.46. The van der Waals surface area contributed by atoms with Gasteiger partial charge in [-0.2, -0.15) is 0 Å². The molecule has 0 bridgehead atoms. The number of hydrogen-bond acceptors (Lipinski definition) is 3. The van der Waals surface area contributed by atoms with Crippen molar-refractivity contribution in [3.05, 3.63) is 29.8 Å². The van der Waals surface area contributed by atoms with Crippen molar-refractivity contribution in [1.29, 1.82) is 0 Å². The fraction of sp³-hybridized carbons (Fsp3) is 0.611. The normalized spacial score (nSPS) is 15.6. The van der Waals surface area contributed by atoms with Crippen LogP contribution in [-0.2, 0) is 11.2 Å². The van der Waals surface area contributed by atoms with E-state index in [2.05, 4.69) is 41.5 Å². The van der Waals surface area contributed by atoms with Gasteiger partial charge in [-0.1, -0.05) is 26.0 Å². The molecule has 1 saturated heterocycles. The zero-order chi connectivity index (χ0) is 16.5. The highest BCUT2D eigenvalue weighted by atomic mass is 16.5. The van der Waals surface area contributed by atoms with E-state index in [1.54, 1.807) is 0 Å². The number of hydrogen-bond donors (Lipinski definition) is 2. The lowest BCUT2D eigenvalue weighted by Crippen LogP contribution is -2.37. The van der Waals surface area contributed by atoms with Crippen LogP contribution in [0.2, 0.25) is 0 Å². The zero-order valence-corrected chi connectivity index (χ0v) is 14.3. The molecule has 0 aromatic heterocycles. The van der Waals surface area contributed by atoms with Gasteiger partial charge in [0.1, 0.15) is 0 Å². The number of rotatable bonds is 7. The summed E-state index contributed by atoms with van der Waals surface area (Å²) in [5.74, 6) is 0.598. The third-order valence-corrected chi connectivity index (χ3v) is 4.04. The molecule has 0 radical (unpaired) electrons. The van der Waals surface area contributed by atoms with E-state index in [9.17, 15) is 4.79 Å². The van der Waals surface area contributed by atoms with E-state index in [0.29, 0.717) is 12.5 Å². The third-order valence-electron chi connectivity index (χ3n) is 4.04. The monoisotopic (exact) mass is 319 g/mol. The van der Waals surface area contributed by atoms with Gasteiger partial charge in [0.15, 0.2) is 0 Å². The fourth-order valence-electron chi connectivity index (χ4n) is 2.52. The minimum atomic E-state index is -0.133. The Kier molecular flexibility index (Phi) is 7.36. The lowest BCUT2D eigenvalue weighted by Gasteiger charge is -2.26. The molecule has 0 saturated carbocycles. The second-order valence-electron chi connectivity index (χ2n) is 6.46. The molecule has 2 amide bonds. The maximum atomic E-state index is 11.8. The Morgan fingerprint density at radius 3 is 2.57 bits per heavy atom. The Labute approximate surface area is 139 Å². The molecule has 23 heavy (non-hydrogen) atoms. The van der Waals surface area contributed by atoms with Gasteiger partial charge in [-0.25, -0.2) is 4.79 Å². The van der Waals surface area contributed by atoms with E-state index in [-0.39, 0.29) is 6.03 Å². The summed E-state index contributed by atoms with van der Waals surface area (Å²) in [7, 11) is 0. The lowest BCUT2D eigenvalue weighted by molar-refractivity contribution is 0.0384. The van der Waals surface area contributed by atoms with E-state index < -0.39 is 0 Å². The van der Waals surface area contributed by atoms with Crippen molar-refractivity contribution in [2.45, 2.75) is 26.7 Å². The van der Waals surface area contributed by atoms with Crippen LogP contribution < -0.4 is 10.6 Å². The molecule has 1 aliphatic rings. The predicted octanol–water partition coefficient (Wildman–Crippen LogP) is 2.73. The first-order valence-corrected chi connectivity index (χ1v) is 8.57.